The van der Waals surface area contributed by atoms with E-state index in [9.17, 15) is 9.50 Å². The van der Waals surface area contributed by atoms with E-state index >= 15 is 0 Å². The van der Waals surface area contributed by atoms with Crippen molar-refractivity contribution in [2.75, 3.05) is 0 Å². The molecule has 4 heteroatoms. The molecule has 0 aliphatic carbocycles. The maximum absolute atomic E-state index is 13.3. The van der Waals surface area contributed by atoms with Gasteiger partial charge in [0.1, 0.15) is 0 Å². The normalized spacial score (nSPS) is 11.6. The van der Waals surface area contributed by atoms with Gasteiger partial charge in [-0.1, -0.05) is 36.4 Å². The molecule has 0 atom stereocenters. The highest BCUT2D eigenvalue weighted by molar-refractivity contribution is 5.19. The third-order valence-corrected chi connectivity index (χ3v) is 3.82. The molecule has 0 bridgehead atoms. The lowest BCUT2D eigenvalue weighted by molar-refractivity contribution is 0.277. The van der Waals surface area contributed by atoms with Crippen molar-refractivity contribution in [2.45, 2.75) is 45.4 Å². The van der Waals surface area contributed by atoms with Gasteiger partial charge < -0.3 is 10.4 Å². The van der Waals surface area contributed by atoms with Gasteiger partial charge in [0.15, 0.2) is 0 Å². The van der Waals surface area contributed by atoms with Crippen LogP contribution in [0.5, 0.6) is 0 Å². The number of nitrogens with zero attached hydrogens (tertiary/aromatic N) is 1. The summed E-state index contributed by atoms with van der Waals surface area (Å²) in [6, 6.07) is 13.2. The molecular formula is C18H23FN2O. The average Bonchev–Trinajstić information content (AvgIpc) is 2.52. The summed E-state index contributed by atoms with van der Waals surface area (Å²) >= 11 is 0. The van der Waals surface area contributed by atoms with Crippen LogP contribution >= 0.6 is 0 Å². The zero-order valence-electron chi connectivity index (χ0n) is 13.1. The van der Waals surface area contributed by atoms with Crippen LogP contribution in [0.2, 0.25) is 0 Å². The third-order valence-electron chi connectivity index (χ3n) is 3.82. The molecule has 118 valence electrons. The fourth-order valence-corrected chi connectivity index (χ4v) is 2.31. The van der Waals surface area contributed by atoms with Crippen molar-refractivity contribution >= 4 is 0 Å². The van der Waals surface area contributed by atoms with Crippen LogP contribution in [0.25, 0.3) is 0 Å². The molecule has 0 spiro atoms. The van der Waals surface area contributed by atoms with Crippen LogP contribution in [-0.2, 0) is 19.6 Å². The minimum atomic E-state index is -0.518. The minimum Gasteiger partial charge on any atom is -0.392 e. The molecule has 0 aliphatic heterocycles. The van der Waals surface area contributed by atoms with Crippen molar-refractivity contribution in [1.29, 1.82) is 0 Å². The molecule has 22 heavy (non-hydrogen) atoms. The van der Waals surface area contributed by atoms with E-state index in [0.29, 0.717) is 17.8 Å². The molecule has 1 heterocycles. The van der Waals surface area contributed by atoms with E-state index in [1.165, 1.54) is 11.6 Å². The van der Waals surface area contributed by atoms with Gasteiger partial charge in [0.2, 0.25) is 5.95 Å². The number of aromatic nitrogens is 1. The van der Waals surface area contributed by atoms with E-state index in [-0.39, 0.29) is 12.1 Å². The zero-order valence-corrected chi connectivity index (χ0v) is 13.1. The number of pyridine rings is 1. The summed E-state index contributed by atoms with van der Waals surface area (Å²) in [5, 5.41) is 12.7. The quantitative estimate of drug-likeness (QED) is 0.772. The molecule has 1 aromatic carbocycles. The lowest BCUT2D eigenvalue weighted by Gasteiger charge is -2.27. The lowest BCUT2D eigenvalue weighted by atomic mass is 9.95. The van der Waals surface area contributed by atoms with Crippen molar-refractivity contribution in [2.24, 2.45) is 0 Å². The Labute approximate surface area is 131 Å². The first-order valence-corrected chi connectivity index (χ1v) is 7.54. The number of nitrogens with one attached hydrogen (secondary N) is 1. The molecule has 2 aromatic rings. The Balaban J connectivity index is 1.93. The van der Waals surface area contributed by atoms with Crippen LogP contribution in [0.1, 0.15) is 37.1 Å². The molecule has 0 fully saturated rings. The molecule has 0 amide bonds. The number of aliphatic hydroxyl groups excluding tert-OH is 1. The molecule has 1 aromatic heterocycles. The molecule has 0 radical (unpaired) electrons. The fourth-order valence-electron chi connectivity index (χ4n) is 2.31. The predicted octanol–water partition coefficient (Wildman–Crippen LogP) is 3.21. The molecule has 0 saturated carbocycles. The van der Waals surface area contributed by atoms with Crippen LogP contribution in [-0.4, -0.2) is 15.6 Å². The van der Waals surface area contributed by atoms with Crippen LogP contribution in [0.4, 0.5) is 4.39 Å². The van der Waals surface area contributed by atoms with Gasteiger partial charge >= 0.3 is 0 Å². The molecular weight excluding hydrogens is 279 g/mol. The highest BCUT2D eigenvalue weighted by Crippen LogP contribution is 2.15. The molecule has 2 rings (SSSR count). The smallest absolute Gasteiger partial charge is 0.213 e. The lowest BCUT2D eigenvalue weighted by Crippen LogP contribution is -2.39. The molecule has 0 aliphatic rings. The van der Waals surface area contributed by atoms with Crippen molar-refractivity contribution < 1.29 is 9.50 Å². The van der Waals surface area contributed by atoms with E-state index in [0.717, 1.165) is 12.8 Å². The standard InChI is InChI=1S/C18H23FN2O/c1-18(2,11-10-14-6-4-3-5-7-14)20-12-16-15(13-22)8-9-17(19)21-16/h3-9,20,22H,10-13H2,1-2H3. The van der Waals surface area contributed by atoms with Gasteiger partial charge in [-0.15, -0.1) is 0 Å². The van der Waals surface area contributed by atoms with Crippen molar-refractivity contribution in [3.63, 3.8) is 0 Å². The molecule has 0 unspecified atom stereocenters. The number of halogens is 1. The van der Waals surface area contributed by atoms with E-state index in [4.69, 9.17) is 0 Å². The second-order valence-corrected chi connectivity index (χ2v) is 6.12. The van der Waals surface area contributed by atoms with Crippen LogP contribution < -0.4 is 5.32 Å². The predicted molar refractivity (Wildman–Crippen MR) is 85.8 cm³/mol. The zero-order chi connectivity index (χ0) is 16.0. The maximum Gasteiger partial charge on any atom is 0.213 e. The first-order chi connectivity index (χ1) is 10.5. The van der Waals surface area contributed by atoms with Crippen LogP contribution in [0, 0.1) is 5.95 Å². The van der Waals surface area contributed by atoms with Gasteiger partial charge in [0.25, 0.3) is 0 Å². The Kier molecular flexibility index (Phi) is 5.63. The van der Waals surface area contributed by atoms with Gasteiger partial charge in [-0.25, -0.2) is 4.98 Å². The van der Waals surface area contributed by atoms with E-state index in [1.807, 2.05) is 18.2 Å². The summed E-state index contributed by atoms with van der Waals surface area (Å²) in [6.07, 6.45) is 1.94. The van der Waals surface area contributed by atoms with Crippen molar-refractivity contribution in [3.05, 3.63) is 65.2 Å². The van der Waals surface area contributed by atoms with Gasteiger partial charge in [0, 0.05) is 17.6 Å². The Hall–Kier alpha value is -1.78. The number of aliphatic hydroxyl groups is 1. The van der Waals surface area contributed by atoms with Gasteiger partial charge in [-0.3, -0.25) is 0 Å². The van der Waals surface area contributed by atoms with Crippen LogP contribution in [0.3, 0.4) is 0 Å². The molecule has 2 N–H and O–H groups in total. The first-order valence-electron chi connectivity index (χ1n) is 7.54. The minimum absolute atomic E-state index is 0.101. The van der Waals surface area contributed by atoms with Crippen LogP contribution in [0.15, 0.2) is 42.5 Å². The number of hydrogen-bond donors (Lipinski definition) is 2. The Morgan fingerprint density at radius 1 is 1.14 bits per heavy atom. The molecule has 0 saturated heterocycles. The summed E-state index contributed by atoms with van der Waals surface area (Å²) < 4.78 is 13.3. The highest BCUT2D eigenvalue weighted by Gasteiger charge is 2.18. The average molecular weight is 302 g/mol. The monoisotopic (exact) mass is 302 g/mol. The number of hydrogen-bond acceptors (Lipinski definition) is 3. The number of rotatable bonds is 7. The largest absolute Gasteiger partial charge is 0.392 e. The van der Waals surface area contributed by atoms with Crippen molar-refractivity contribution in [3.8, 4) is 0 Å². The van der Waals surface area contributed by atoms with Gasteiger partial charge in [-0.05, 0) is 38.3 Å². The van der Waals surface area contributed by atoms with E-state index < -0.39 is 5.95 Å². The summed E-state index contributed by atoms with van der Waals surface area (Å²) in [6.45, 7) is 4.55. The summed E-state index contributed by atoms with van der Waals surface area (Å²) in [4.78, 5) is 3.88. The summed E-state index contributed by atoms with van der Waals surface area (Å²) in [5.74, 6) is -0.518. The first kappa shape index (κ1) is 16.6. The summed E-state index contributed by atoms with van der Waals surface area (Å²) in [7, 11) is 0. The van der Waals surface area contributed by atoms with E-state index in [1.54, 1.807) is 6.07 Å². The summed E-state index contributed by atoms with van der Waals surface area (Å²) in [5.41, 5.74) is 2.43. The second-order valence-electron chi connectivity index (χ2n) is 6.12. The van der Waals surface area contributed by atoms with Gasteiger partial charge in [-0.2, -0.15) is 4.39 Å². The second kappa shape index (κ2) is 7.47. The maximum atomic E-state index is 13.3. The molecule has 3 nitrogen and oxygen atoms in total. The Morgan fingerprint density at radius 3 is 2.55 bits per heavy atom. The SMILES string of the molecule is CC(C)(CCc1ccccc1)NCc1nc(F)ccc1CO. The number of benzene rings is 1. The Morgan fingerprint density at radius 2 is 1.86 bits per heavy atom. The van der Waals surface area contributed by atoms with Gasteiger partial charge in [0.05, 0.1) is 12.3 Å². The van der Waals surface area contributed by atoms with E-state index in [2.05, 4.69) is 36.3 Å². The highest BCUT2D eigenvalue weighted by atomic mass is 19.1. The Bertz CT molecular complexity index is 599. The number of aryl methyl sites for hydroxylation is 1. The fraction of sp³-hybridized carbons (Fsp3) is 0.389. The third kappa shape index (κ3) is 4.90. The topological polar surface area (TPSA) is 45.2 Å². The van der Waals surface area contributed by atoms with Crippen molar-refractivity contribution in [1.82, 2.24) is 10.3 Å².